The fourth-order valence-electron chi connectivity index (χ4n) is 1.86. The Labute approximate surface area is 111 Å². The van der Waals surface area contributed by atoms with Gasteiger partial charge in [0.25, 0.3) is 5.91 Å². The van der Waals surface area contributed by atoms with Crippen molar-refractivity contribution in [2.24, 2.45) is 0 Å². The summed E-state index contributed by atoms with van der Waals surface area (Å²) in [5.74, 6) is -0.362. The quantitative estimate of drug-likeness (QED) is 0.844. The molecule has 0 aliphatic heterocycles. The number of carbonyl (C=O) groups excluding carboxylic acids is 1. The summed E-state index contributed by atoms with van der Waals surface area (Å²) in [6, 6.07) is 9.65. The molecule has 0 N–H and O–H groups in total. The third-order valence-corrected chi connectivity index (χ3v) is 2.86. The van der Waals surface area contributed by atoms with E-state index in [0.29, 0.717) is 18.7 Å². The second-order valence-electron chi connectivity index (χ2n) is 4.19. The molecule has 0 radical (unpaired) electrons. The minimum atomic E-state index is -0.287. The molecule has 0 aliphatic rings. The van der Waals surface area contributed by atoms with Crippen LogP contribution in [-0.2, 0) is 6.54 Å². The molecule has 19 heavy (non-hydrogen) atoms. The first-order chi connectivity index (χ1) is 9.20. The van der Waals surface area contributed by atoms with Crippen LogP contribution in [0.25, 0.3) is 0 Å². The molecule has 0 saturated heterocycles. The standard InChI is InChI=1S/C15H15FN2O/c1-2-18(11-12-4-3-5-14(16)10-12)15(19)13-6-8-17-9-7-13/h3-10H,2,11H2,1H3. The fourth-order valence-corrected chi connectivity index (χ4v) is 1.86. The normalized spacial score (nSPS) is 10.2. The molecule has 0 atom stereocenters. The van der Waals surface area contributed by atoms with Crippen molar-refractivity contribution >= 4 is 5.91 Å². The van der Waals surface area contributed by atoms with Gasteiger partial charge >= 0.3 is 0 Å². The van der Waals surface area contributed by atoms with Gasteiger partial charge in [0.15, 0.2) is 0 Å². The smallest absolute Gasteiger partial charge is 0.254 e. The maximum atomic E-state index is 13.1. The molecule has 98 valence electrons. The highest BCUT2D eigenvalue weighted by molar-refractivity contribution is 5.94. The summed E-state index contributed by atoms with van der Waals surface area (Å²) in [4.78, 5) is 17.8. The molecule has 1 aromatic heterocycles. The average Bonchev–Trinajstić information content (AvgIpc) is 2.45. The van der Waals surface area contributed by atoms with Crippen molar-refractivity contribution in [2.75, 3.05) is 6.54 Å². The molecule has 1 heterocycles. The lowest BCUT2D eigenvalue weighted by molar-refractivity contribution is 0.0752. The van der Waals surface area contributed by atoms with Crippen LogP contribution in [0.1, 0.15) is 22.8 Å². The maximum absolute atomic E-state index is 13.1. The van der Waals surface area contributed by atoms with E-state index in [9.17, 15) is 9.18 Å². The van der Waals surface area contributed by atoms with E-state index in [2.05, 4.69) is 4.98 Å². The third-order valence-electron chi connectivity index (χ3n) is 2.86. The van der Waals surface area contributed by atoms with Crippen LogP contribution in [-0.4, -0.2) is 22.3 Å². The Morgan fingerprint density at radius 3 is 2.63 bits per heavy atom. The fraction of sp³-hybridized carbons (Fsp3) is 0.200. The minimum Gasteiger partial charge on any atom is -0.335 e. The van der Waals surface area contributed by atoms with Crippen LogP contribution in [0.4, 0.5) is 4.39 Å². The Morgan fingerprint density at radius 2 is 2.00 bits per heavy atom. The maximum Gasteiger partial charge on any atom is 0.254 e. The van der Waals surface area contributed by atoms with Gasteiger partial charge in [-0.1, -0.05) is 12.1 Å². The highest BCUT2D eigenvalue weighted by Crippen LogP contribution is 2.10. The Hall–Kier alpha value is -2.23. The van der Waals surface area contributed by atoms with Gasteiger partial charge < -0.3 is 4.90 Å². The summed E-state index contributed by atoms with van der Waals surface area (Å²) >= 11 is 0. The summed E-state index contributed by atoms with van der Waals surface area (Å²) in [5.41, 5.74) is 1.37. The molecule has 2 aromatic rings. The molecular formula is C15H15FN2O. The van der Waals surface area contributed by atoms with E-state index in [1.165, 1.54) is 12.1 Å². The SMILES string of the molecule is CCN(Cc1cccc(F)c1)C(=O)c1ccncc1. The van der Waals surface area contributed by atoms with Gasteiger partial charge in [-0.05, 0) is 36.8 Å². The van der Waals surface area contributed by atoms with Crippen LogP contribution in [0.3, 0.4) is 0 Å². The van der Waals surface area contributed by atoms with Gasteiger partial charge in [0.1, 0.15) is 5.82 Å². The number of carbonyl (C=O) groups is 1. The summed E-state index contributed by atoms with van der Waals surface area (Å²) in [6.07, 6.45) is 3.17. The Balaban J connectivity index is 2.15. The van der Waals surface area contributed by atoms with Crippen LogP contribution in [0, 0.1) is 5.82 Å². The first-order valence-electron chi connectivity index (χ1n) is 6.14. The number of nitrogens with zero attached hydrogens (tertiary/aromatic N) is 2. The molecule has 0 spiro atoms. The van der Waals surface area contributed by atoms with E-state index in [0.717, 1.165) is 5.56 Å². The third kappa shape index (κ3) is 3.37. The van der Waals surface area contributed by atoms with Gasteiger partial charge in [0, 0.05) is 31.0 Å². The summed E-state index contributed by atoms with van der Waals surface area (Å²) < 4.78 is 13.1. The second kappa shape index (κ2) is 6.09. The summed E-state index contributed by atoms with van der Waals surface area (Å²) in [5, 5.41) is 0. The van der Waals surface area contributed by atoms with E-state index in [1.54, 1.807) is 35.5 Å². The molecule has 4 heteroatoms. The first kappa shape index (κ1) is 13.2. The van der Waals surface area contributed by atoms with E-state index < -0.39 is 0 Å². The Bertz CT molecular complexity index is 557. The Morgan fingerprint density at radius 1 is 1.26 bits per heavy atom. The van der Waals surface area contributed by atoms with E-state index >= 15 is 0 Å². The van der Waals surface area contributed by atoms with Crippen molar-refractivity contribution in [1.82, 2.24) is 9.88 Å². The van der Waals surface area contributed by atoms with Gasteiger partial charge in [-0.2, -0.15) is 0 Å². The molecular weight excluding hydrogens is 243 g/mol. The number of amides is 1. The van der Waals surface area contributed by atoms with Crippen molar-refractivity contribution < 1.29 is 9.18 Å². The largest absolute Gasteiger partial charge is 0.335 e. The molecule has 0 saturated carbocycles. The van der Waals surface area contributed by atoms with Crippen molar-refractivity contribution in [3.8, 4) is 0 Å². The van der Waals surface area contributed by atoms with Crippen LogP contribution >= 0.6 is 0 Å². The van der Waals surface area contributed by atoms with Gasteiger partial charge in [0.05, 0.1) is 0 Å². The van der Waals surface area contributed by atoms with Gasteiger partial charge in [-0.15, -0.1) is 0 Å². The molecule has 3 nitrogen and oxygen atoms in total. The van der Waals surface area contributed by atoms with Gasteiger partial charge in [-0.3, -0.25) is 9.78 Å². The van der Waals surface area contributed by atoms with Gasteiger partial charge in [-0.25, -0.2) is 4.39 Å². The molecule has 0 bridgehead atoms. The first-order valence-corrected chi connectivity index (χ1v) is 6.14. The summed E-state index contributed by atoms with van der Waals surface area (Å²) in [7, 11) is 0. The van der Waals surface area contributed by atoms with Gasteiger partial charge in [0.2, 0.25) is 0 Å². The zero-order valence-corrected chi connectivity index (χ0v) is 10.7. The topological polar surface area (TPSA) is 33.2 Å². The van der Waals surface area contributed by atoms with Crippen LogP contribution in [0.5, 0.6) is 0 Å². The zero-order chi connectivity index (χ0) is 13.7. The molecule has 0 fully saturated rings. The van der Waals surface area contributed by atoms with Crippen molar-refractivity contribution in [1.29, 1.82) is 0 Å². The van der Waals surface area contributed by atoms with E-state index in [-0.39, 0.29) is 11.7 Å². The molecule has 1 aromatic carbocycles. The predicted molar refractivity (Wildman–Crippen MR) is 71.1 cm³/mol. The van der Waals surface area contributed by atoms with Crippen molar-refractivity contribution in [3.63, 3.8) is 0 Å². The minimum absolute atomic E-state index is 0.0749. The van der Waals surface area contributed by atoms with Crippen molar-refractivity contribution in [2.45, 2.75) is 13.5 Å². The number of hydrogen-bond donors (Lipinski definition) is 0. The number of aromatic nitrogens is 1. The molecule has 0 aliphatic carbocycles. The summed E-state index contributed by atoms with van der Waals surface area (Å²) in [6.45, 7) is 2.87. The monoisotopic (exact) mass is 258 g/mol. The number of rotatable bonds is 4. The number of benzene rings is 1. The lowest BCUT2D eigenvalue weighted by Gasteiger charge is -2.21. The van der Waals surface area contributed by atoms with E-state index in [4.69, 9.17) is 0 Å². The highest BCUT2D eigenvalue weighted by atomic mass is 19.1. The Kier molecular flexibility index (Phi) is 4.23. The zero-order valence-electron chi connectivity index (χ0n) is 10.7. The second-order valence-corrected chi connectivity index (χ2v) is 4.19. The average molecular weight is 258 g/mol. The van der Waals surface area contributed by atoms with Crippen LogP contribution in [0.2, 0.25) is 0 Å². The molecule has 0 unspecified atom stereocenters. The lowest BCUT2D eigenvalue weighted by Crippen LogP contribution is -2.30. The van der Waals surface area contributed by atoms with Crippen LogP contribution in [0.15, 0.2) is 48.8 Å². The molecule has 2 rings (SSSR count). The lowest BCUT2D eigenvalue weighted by atomic mass is 10.2. The number of pyridine rings is 1. The van der Waals surface area contributed by atoms with Crippen LogP contribution < -0.4 is 0 Å². The number of hydrogen-bond acceptors (Lipinski definition) is 2. The predicted octanol–water partition coefficient (Wildman–Crippen LogP) is 2.88. The highest BCUT2D eigenvalue weighted by Gasteiger charge is 2.14. The number of halogens is 1. The van der Waals surface area contributed by atoms with Crippen molar-refractivity contribution in [3.05, 3.63) is 65.7 Å². The van der Waals surface area contributed by atoms with E-state index in [1.807, 2.05) is 13.0 Å². The molecule has 1 amide bonds.